The van der Waals surface area contributed by atoms with Crippen LogP contribution < -0.4 is 5.32 Å². The van der Waals surface area contributed by atoms with Crippen molar-refractivity contribution in [2.45, 2.75) is 189 Å². The van der Waals surface area contributed by atoms with E-state index in [-0.39, 0.29) is 51.2 Å². The van der Waals surface area contributed by atoms with Gasteiger partial charge in [-0.3, -0.25) is 14.5 Å². The molecule has 60 heavy (non-hydrogen) atoms. The quantitative estimate of drug-likeness (QED) is 0.177. The summed E-state index contributed by atoms with van der Waals surface area (Å²) in [4.78, 5) is 27.9. The topological polar surface area (TPSA) is 136 Å². The Bertz CT molecular complexity index is 1790. The summed E-state index contributed by atoms with van der Waals surface area (Å²) in [5, 5.41) is 24.9. The molecule has 11 heteroatoms. The molecule has 0 spiro atoms. The summed E-state index contributed by atoms with van der Waals surface area (Å²) in [5.41, 5.74) is 0.326. The molecule has 8 rings (SSSR count). The number of aliphatic hydroxyl groups is 1. The highest BCUT2D eigenvalue weighted by Crippen LogP contribution is 2.78. The first-order valence-electron chi connectivity index (χ1n) is 24.4. The van der Waals surface area contributed by atoms with Gasteiger partial charge in [-0.1, -0.05) is 55.4 Å². The summed E-state index contributed by atoms with van der Waals surface area (Å²) in [6.07, 6.45) is 14.1. The lowest BCUT2D eigenvalue weighted by molar-refractivity contribution is -0.250. The van der Waals surface area contributed by atoms with Crippen molar-refractivity contribution in [1.29, 1.82) is 0 Å². The number of piperazine rings is 1. The largest absolute Gasteiger partial charge is 0.481 e. The third-order valence-electron chi connectivity index (χ3n) is 21.3. The zero-order chi connectivity index (χ0) is 43.8. The minimum Gasteiger partial charge on any atom is -0.481 e. The van der Waals surface area contributed by atoms with Crippen molar-refractivity contribution < 1.29 is 33.0 Å². The lowest BCUT2D eigenvalue weighted by Crippen LogP contribution is -2.69. The van der Waals surface area contributed by atoms with E-state index < -0.39 is 38.7 Å². The minimum atomic E-state index is -3.29. The van der Waals surface area contributed by atoms with Gasteiger partial charge in [-0.25, -0.2) is 8.42 Å². The number of carboxylic acid groups (broad SMARTS) is 1. The van der Waals surface area contributed by atoms with Gasteiger partial charge in [-0.15, -0.1) is 0 Å². The number of rotatable bonds is 11. The average Bonchev–Trinajstić information content (AvgIpc) is 3.78. The van der Waals surface area contributed by atoms with Gasteiger partial charge < -0.3 is 20.3 Å². The van der Waals surface area contributed by atoms with Crippen LogP contribution in [-0.4, -0.2) is 102 Å². The first-order valence-corrected chi connectivity index (χ1v) is 25.9. The molecule has 7 saturated carbocycles. The van der Waals surface area contributed by atoms with Crippen LogP contribution in [0.5, 0.6) is 0 Å². The second-order valence-electron chi connectivity index (χ2n) is 24.7. The highest BCUT2D eigenvalue weighted by Gasteiger charge is 2.72. The Hall–Kier alpha value is -1.27. The number of fused-ring (bicyclic) bond motifs is 7. The monoisotopic (exact) mass is 858 g/mol. The molecular formula is C49H83N3O7S. The molecule has 10 nitrogen and oxygen atoms in total. The molecule has 8 fully saturated rings. The number of nitrogens with zero attached hydrogens (tertiary/aromatic N) is 2. The molecule has 1 saturated heterocycles. The lowest BCUT2D eigenvalue weighted by atomic mass is 9.32. The fourth-order valence-electron chi connectivity index (χ4n) is 16.9. The van der Waals surface area contributed by atoms with Crippen LogP contribution in [0.4, 0.5) is 0 Å². The maximum Gasteiger partial charge on any atom is 0.309 e. The first kappa shape index (κ1) is 45.3. The lowest BCUT2D eigenvalue weighted by Gasteiger charge is -2.73. The Labute approximate surface area is 363 Å². The maximum atomic E-state index is 13.7. The van der Waals surface area contributed by atoms with Crippen molar-refractivity contribution in [1.82, 2.24) is 14.5 Å². The predicted octanol–water partition coefficient (Wildman–Crippen LogP) is 7.97. The van der Waals surface area contributed by atoms with Gasteiger partial charge in [0.15, 0.2) is 0 Å². The molecule has 0 bridgehead atoms. The summed E-state index contributed by atoms with van der Waals surface area (Å²) in [5.74, 6) is 1.17. The van der Waals surface area contributed by atoms with Crippen molar-refractivity contribution in [3.63, 3.8) is 0 Å². The van der Waals surface area contributed by atoms with Gasteiger partial charge in [0.25, 0.3) is 0 Å². The second kappa shape index (κ2) is 14.9. The van der Waals surface area contributed by atoms with Crippen LogP contribution in [0.2, 0.25) is 0 Å². The molecule has 0 radical (unpaired) electrons. The number of esters is 1. The zero-order valence-electron chi connectivity index (χ0n) is 39.3. The van der Waals surface area contributed by atoms with E-state index in [9.17, 15) is 28.2 Å². The van der Waals surface area contributed by atoms with Gasteiger partial charge in [0.05, 0.1) is 23.2 Å². The number of ether oxygens (including phenoxy) is 1. The highest BCUT2D eigenvalue weighted by molar-refractivity contribution is 7.89. The van der Waals surface area contributed by atoms with Crippen molar-refractivity contribution >= 4 is 22.0 Å². The number of carbonyl (C=O) groups excluding carboxylic acids is 1. The van der Waals surface area contributed by atoms with Gasteiger partial charge >= 0.3 is 11.9 Å². The Morgan fingerprint density at radius 1 is 0.733 bits per heavy atom. The molecule has 1 aliphatic heterocycles. The number of hydrogen-bond donors (Lipinski definition) is 3. The minimum absolute atomic E-state index is 0.0593. The Morgan fingerprint density at radius 2 is 1.40 bits per heavy atom. The number of nitrogens with one attached hydrogen (secondary N) is 1. The van der Waals surface area contributed by atoms with Crippen molar-refractivity contribution in [3.8, 4) is 0 Å². The van der Waals surface area contributed by atoms with Crippen LogP contribution in [0.25, 0.3) is 0 Å². The molecule has 14 atom stereocenters. The van der Waals surface area contributed by atoms with E-state index in [1.807, 2.05) is 20.8 Å². The number of hydrogen-bond acceptors (Lipinski definition) is 8. The van der Waals surface area contributed by atoms with Crippen LogP contribution in [0.15, 0.2) is 0 Å². The molecule has 1 heterocycles. The summed E-state index contributed by atoms with van der Waals surface area (Å²) >= 11 is 0. The highest BCUT2D eigenvalue weighted by atomic mass is 32.2. The van der Waals surface area contributed by atoms with E-state index in [0.717, 1.165) is 25.8 Å². The van der Waals surface area contributed by atoms with Crippen LogP contribution in [0.1, 0.15) is 160 Å². The predicted molar refractivity (Wildman–Crippen MR) is 235 cm³/mol. The molecule has 0 aromatic heterocycles. The molecular weight excluding hydrogens is 775 g/mol. The summed E-state index contributed by atoms with van der Waals surface area (Å²) < 4.78 is 34.1. The third-order valence-corrected chi connectivity index (χ3v) is 23.6. The average molecular weight is 858 g/mol. The Morgan fingerprint density at radius 3 is 1.98 bits per heavy atom. The van der Waals surface area contributed by atoms with Gasteiger partial charge in [0.1, 0.15) is 6.10 Å². The second-order valence-corrected chi connectivity index (χ2v) is 27.1. The van der Waals surface area contributed by atoms with E-state index in [2.05, 4.69) is 51.8 Å². The van der Waals surface area contributed by atoms with Crippen LogP contribution in [0.3, 0.4) is 0 Å². The molecule has 2 unspecified atom stereocenters. The van der Waals surface area contributed by atoms with E-state index in [0.29, 0.717) is 67.6 Å². The number of sulfonamides is 1. The molecule has 8 aliphatic rings. The molecule has 3 N–H and O–H groups in total. The molecule has 0 aromatic carbocycles. The summed E-state index contributed by atoms with van der Waals surface area (Å²) in [6, 6.07) is -0.0593. The fraction of sp³-hybridized carbons (Fsp3) is 0.959. The number of aliphatic hydroxyl groups excluding tert-OH is 1. The van der Waals surface area contributed by atoms with E-state index >= 15 is 0 Å². The van der Waals surface area contributed by atoms with Gasteiger partial charge in [-0.2, -0.15) is 4.31 Å². The smallest absolute Gasteiger partial charge is 0.309 e. The first-order chi connectivity index (χ1) is 27.8. The number of carboxylic acids is 1. The fourth-order valence-corrected chi connectivity index (χ4v) is 18.2. The Kier molecular flexibility index (Phi) is 11.2. The third kappa shape index (κ3) is 6.65. The van der Waals surface area contributed by atoms with Crippen molar-refractivity contribution in [3.05, 3.63) is 0 Å². The van der Waals surface area contributed by atoms with Gasteiger partial charge in [0.2, 0.25) is 10.0 Å². The maximum absolute atomic E-state index is 13.7. The normalized spacial score (nSPS) is 45.5. The van der Waals surface area contributed by atoms with Gasteiger partial charge in [0, 0.05) is 49.7 Å². The van der Waals surface area contributed by atoms with E-state index in [4.69, 9.17) is 4.74 Å². The standard InChI is InChI=1S/C49H83N3O7S/c1-30(2)60(57,58)52-26-24-51(25-27-52)36(31(3)53)29-50-49-19-14-32(45(8)20-21-45)40(49)33-12-13-38-46(9)17-16-39(59-42(56)35-28-34(41(54)55)43(35,4)5)44(6,7)37(46)15-18-48(38,11)47(33,10)22-23-49/h30-40,50,53H,12-29H2,1-11H3,(H,54,55)/t31?,32-,33-,34+,35-,36?,37+,38-,39+,40-,46+,47-,48-,49+/m1/s1. The van der Waals surface area contributed by atoms with Crippen molar-refractivity contribution in [2.75, 3.05) is 32.7 Å². The van der Waals surface area contributed by atoms with Crippen LogP contribution in [0, 0.1) is 73.9 Å². The zero-order valence-corrected chi connectivity index (χ0v) is 40.1. The SMILES string of the molecule is CC(O)C(CN[C@]12CC[C@@H](C3(C)CC3)[C@@H]1[C@H]1CC[C@@H]3[C@@]4(C)CC[C@H](OC(=O)[C@H]5C[C@@H](C(=O)O)C5(C)C)C(C)(C)[C@@H]4CC[C@@]3(C)[C@]1(C)CC2)N1CCN(S(=O)(=O)C(C)C)CC1. The van der Waals surface area contributed by atoms with E-state index in [1.54, 1.807) is 18.2 Å². The molecule has 342 valence electrons. The summed E-state index contributed by atoms with van der Waals surface area (Å²) in [7, 11) is -3.29. The molecule has 0 amide bonds. The number of aliphatic carboxylic acids is 1. The van der Waals surface area contributed by atoms with Crippen LogP contribution in [-0.2, 0) is 24.3 Å². The Balaban J connectivity index is 1.00. The van der Waals surface area contributed by atoms with Crippen LogP contribution >= 0.6 is 0 Å². The number of carbonyl (C=O) groups is 2. The van der Waals surface area contributed by atoms with E-state index in [1.165, 1.54) is 57.8 Å². The van der Waals surface area contributed by atoms with Crippen molar-refractivity contribution in [2.24, 2.45) is 73.9 Å². The van der Waals surface area contributed by atoms with Gasteiger partial charge in [-0.05, 0) is 161 Å². The molecule has 0 aromatic rings. The summed E-state index contributed by atoms with van der Waals surface area (Å²) in [6.45, 7) is 27.6. The molecule has 7 aliphatic carbocycles.